The molecule has 0 saturated carbocycles. The van der Waals surface area contributed by atoms with Gasteiger partial charge in [0, 0.05) is 7.05 Å². The van der Waals surface area contributed by atoms with Crippen molar-refractivity contribution in [1.82, 2.24) is 4.90 Å². The predicted molar refractivity (Wildman–Crippen MR) is 98.4 cm³/mol. The van der Waals surface area contributed by atoms with E-state index in [1.807, 2.05) is 49.4 Å². The average Bonchev–Trinajstić information content (AvgIpc) is 2.60. The molecule has 1 atom stereocenters. The topological polar surface area (TPSA) is 48.0 Å². The summed E-state index contributed by atoms with van der Waals surface area (Å²) in [5, 5.41) is 0. The molecule has 0 fully saturated rings. The van der Waals surface area contributed by atoms with Gasteiger partial charge >= 0.3 is 0 Å². The maximum atomic E-state index is 12.3. The van der Waals surface area contributed by atoms with Crippen LogP contribution in [0.1, 0.15) is 5.56 Å². The summed E-state index contributed by atoms with van der Waals surface area (Å²) in [6.45, 7) is 2.82. The summed E-state index contributed by atoms with van der Waals surface area (Å²) < 4.78 is 18.0. The van der Waals surface area contributed by atoms with Crippen LogP contribution >= 0.6 is 15.9 Å². The molecular formula is C19H20BrNO4. The summed E-state index contributed by atoms with van der Waals surface area (Å²) in [5.74, 6) is 1.98. The average molecular weight is 406 g/mol. The van der Waals surface area contributed by atoms with E-state index in [-0.39, 0.29) is 18.6 Å². The minimum absolute atomic E-state index is 0.0255. The Bertz CT molecular complexity index is 765. The fraction of sp³-hybridized carbons (Fsp3) is 0.316. The molecule has 25 heavy (non-hydrogen) atoms. The summed E-state index contributed by atoms with van der Waals surface area (Å²) in [4.78, 5) is 13.9. The summed E-state index contributed by atoms with van der Waals surface area (Å²) >= 11 is 3.44. The fourth-order valence-electron chi connectivity index (χ4n) is 2.53. The van der Waals surface area contributed by atoms with Crippen molar-refractivity contribution in [1.29, 1.82) is 0 Å². The molecule has 0 aromatic heterocycles. The van der Waals surface area contributed by atoms with Crippen LogP contribution < -0.4 is 14.2 Å². The van der Waals surface area contributed by atoms with Crippen LogP contribution in [-0.4, -0.2) is 43.7 Å². The number of rotatable bonds is 5. The third kappa shape index (κ3) is 4.45. The Morgan fingerprint density at radius 3 is 2.80 bits per heavy atom. The van der Waals surface area contributed by atoms with E-state index in [0.717, 1.165) is 15.8 Å². The van der Waals surface area contributed by atoms with E-state index in [0.29, 0.717) is 24.7 Å². The second-order valence-corrected chi connectivity index (χ2v) is 6.85. The molecule has 1 aliphatic rings. The van der Waals surface area contributed by atoms with E-state index in [1.165, 1.54) is 0 Å². The lowest BCUT2D eigenvalue weighted by atomic mass is 10.2. The number of fused-ring (bicyclic) bond motifs is 1. The van der Waals surface area contributed by atoms with Crippen molar-refractivity contribution in [2.24, 2.45) is 0 Å². The Kier molecular flexibility index (Phi) is 5.48. The molecule has 3 rings (SSSR count). The number of amides is 1. The van der Waals surface area contributed by atoms with E-state index in [1.54, 1.807) is 11.9 Å². The second kappa shape index (κ2) is 7.78. The second-order valence-electron chi connectivity index (χ2n) is 5.99. The van der Waals surface area contributed by atoms with Crippen molar-refractivity contribution in [3.8, 4) is 17.2 Å². The molecule has 0 spiro atoms. The molecule has 5 nitrogen and oxygen atoms in total. The highest BCUT2D eigenvalue weighted by Gasteiger charge is 2.23. The maximum absolute atomic E-state index is 12.3. The van der Waals surface area contributed by atoms with Crippen molar-refractivity contribution >= 4 is 21.8 Å². The highest BCUT2D eigenvalue weighted by atomic mass is 79.9. The Morgan fingerprint density at radius 1 is 1.28 bits per heavy atom. The standard InChI is InChI=1S/C19H20BrNO4/c1-13-7-8-16(15(20)9-13)24-12-19(22)21(2)10-14-11-23-17-5-3-4-6-18(17)25-14/h3-9,14H,10-12H2,1-2H3/t14-/m0/s1. The summed E-state index contributed by atoms with van der Waals surface area (Å²) in [6.07, 6.45) is -0.199. The number of para-hydroxylation sites is 2. The molecular weight excluding hydrogens is 386 g/mol. The molecule has 0 saturated heterocycles. The minimum atomic E-state index is -0.199. The van der Waals surface area contributed by atoms with Gasteiger partial charge in [0.25, 0.3) is 5.91 Å². The van der Waals surface area contributed by atoms with Gasteiger partial charge in [-0.05, 0) is 52.7 Å². The number of halogens is 1. The van der Waals surface area contributed by atoms with Crippen LogP contribution in [0.4, 0.5) is 0 Å². The van der Waals surface area contributed by atoms with Crippen LogP contribution in [0.3, 0.4) is 0 Å². The van der Waals surface area contributed by atoms with Gasteiger partial charge in [-0.3, -0.25) is 4.79 Å². The van der Waals surface area contributed by atoms with E-state index in [2.05, 4.69) is 15.9 Å². The number of benzene rings is 2. The van der Waals surface area contributed by atoms with E-state index >= 15 is 0 Å². The quantitative estimate of drug-likeness (QED) is 0.764. The summed E-state index contributed by atoms with van der Waals surface area (Å²) in [7, 11) is 1.74. The van der Waals surface area contributed by atoms with Crippen molar-refractivity contribution < 1.29 is 19.0 Å². The van der Waals surface area contributed by atoms with Crippen LogP contribution in [0.2, 0.25) is 0 Å². The minimum Gasteiger partial charge on any atom is -0.486 e. The number of aryl methyl sites for hydroxylation is 1. The zero-order chi connectivity index (χ0) is 17.8. The van der Waals surface area contributed by atoms with Crippen molar-refractivity contribution in [3.63, 3.8) is 0 Å². The largest absolute Gasteiger partial charge is 0.486 e. The smallest absolute Gasteiger partial charge is 0.260 e. The lowest BCUT2D eigenvalue weighted by Crippen LogP contribution is -2.43. The van der Waals surface area contributed by atoms with Gasteiger partial charge in [0.05, 0.1) is 11.0 Å². The van der Waals surface area contributed by atoms with Crippen LogP contribution in [0, 0.1) is 6.92 Å². The first kappa shape index (κ1) is 17.6. The van der Waals surface area contributed by atoms with Crippen molar-refractivity contribution in [3.05, 3.63) is 52.5 Å². The number of nitrogens with zero attached hydrogens (tertiary/aromatic N) is 1. The molecule has 0 radical (unpaired) electrons. The SMILES string of the molecule is Cc1ccc(OCC(=O)N(C)C[C@H]2COc3ccccc3O2)c(Br)c1. The van der Waals surface area contributed by atoms with Crippen LogP contribution in [-0.2, 0) is 4.79 Å². The number of carbonyl (C=O) groups excluding carboxylic acids is 1. The zero-order valence-corrected chi connectivity index (χ0v) is 15.8. The zero-order valence-electron chi connectivity index (χ0n) is 14.2. The highest BCUT2D eigenvalue weighted by molar-refractivity contribution is 9.10. The molecule has 1 aliphatic heterocycles. The van der Waals surface area contributed by atoms with Gasteiger partial charge < -0.3 is 19.1 Å². The molecule has 0 bridgehead atoms. The third-order valence-corrected chi connectivity index (χ3v) is 4.53. The molecule has 0 unspecified atom stereocenters. The van der Waals surface area contributed by atoms with Crippen molar-refractivity contribution in [2.75, 3.05) is 26.8 Å². The number of ether oxygens (including phenoxy) is 3. The van der Waals surface area contributed by atoms with E-state index in [4.69, 9.17) is 14.2 Å². The van der Waals surface area contributed by atoms with Crippen LogP contribution in [0.5, 0.6) is 17.2 Å². The predicted octanol–water partition coefficient (Wildman–Crippen LogP) is 3.43. The Morgan fingerprint density at radius 2 is 2.04 bits per heavy atom. The van der Waals surface area contributed by atoms with E-state index < -0.39 is 0 Å². The monoisotopic (exact) mass is 405 g/mol. The molecule has 6 heteroatoms. The Hall–Kier alpha value is -2.21. The first-order valence-corrected chi connectivity index (χ1v) is 8.83. The number of hydrogen-bond acceptors (Lipinski definition) is 4. The maximum Gasteiger partial charge on any atom is 0.260 e. The highest BCUT2D eigenvalue weighted by Crippen LogP contribution is 2.31. The van der Waals surface area contributed by atoms with Gasteiger partial charge in [-0.1, -0.05) is 18.2 Å². The lowest BCUT2D eigenvalue weighted by molar-refractivity contribution is -0.133. The molecule has 2 aromatic carbocycles. The third-order valence-electron chi connectivity index (χ3n) is 3.91. The Balaban J connectivity index is 1.51. The van der Waals surface area contributed by atoms with Gasteiger partial charge in [-0.25, -0.2) is 0 Å². The Labute approximate surface area is 155 Å². The molecule has 0 N–H and O–H groups in total. The van der Waals surface area contributed by atoms with Gasteiger partial charge in [-0.15, -0.1) is 0 Å². The number of likely N-dealkylation sites (N-methyl/N-ethyl adjacent to an activating group) is 1. The molecule has 0 aliphatic carbocycles. The van der Waals surface area contributed by atoms with E-state index in [9.17, 15) is 4.79 Å². The summed E-state index contributed by atoms with van der Waals surface area (Å²) in [6, 6.07) is 13.3. The lowest BCUT2D eigenvalue weighted by Gasteiger charge is -2.29. The van der Waals surface area contributed by atoms with Crippen LogP contribution in [0.15, 0.2) is 46.9 Å². The number of hydrogen-bond donors (Lipinski definition) is 0. The first-order chi connectivity index (χ1) is 12.0. The van der Waals surface area contributed by atoms with Crippen LogP contribution in [0.25, 0.3) is 0 Å². The van der Waals surface area contributed by atoms with Gasteiger partial charge in [-0.2, -0.15) is 0 Å². The molecule has 2 aromatic rings. The summed E-state index contributed by atoms with van der Waals surface area (Å²) in [5.41, 5.74) is 1.12. The van der Waals surface area contributed by atoms with Crippen molar-refractivity contribution in [2.45, 2.75) is 13.0 Å². The number of carbonyl (C=O) groups is 1. The van der Waals surface area contributed by atoms with Gasteiger partial charge in [0.1, 0.15) is 12.4 Å². The molecule has 1 heterocycles. The van der Waals surface area contributed by atoms with Gasteiger partial charge in [0.15, 0.2) is 24.2 Å². The normalized spacial score (nSPS) is 15.6. The fourth-order valence-corrected chi connectivity index (χ4v) is 3.14. The molecule has 132 valence electrons. The molecule has 1 amide bonds. The van der Waals surface area contributed by atoms with Gasteiger partial charge in [0.2, 0.25) is 0 Å². The first-order valence-electron chi connectivity index (χ1n) is 8.04.